The van der Waals surface area contributed by atoms with E-state index < -0.39 is 10.0 Å². The van der Waals surface area contributed by atoms with Crippen molar-refractivity contribution in [2.75, 3.05) is 16.6 Å². The third-order valence-electron chi connectivity index (χ3n) is 2.61. The zero-order chi connectivity index (χ0) is 15.3. The van der Waals surface area contributed by atoms with Crippen LogP contribution in [0.3, 0.4) is 0 Å². The molecule has 0 aromatic carbocycles. The fourth-order valence-corrected chi connectivity index (χ4v) is 3.00. The SMILES string of the molecule is CCCNc1ccncc1S(=O)(=O)Nc1ccc(Br)cn1. The molecule has 2 rings (SSSR count). The van der Waals surface area contributed by atoms with Crippen molar-refractivity contribution in [2.45, 2.75) is 18.2 Å². The van der Waals surface area contributed by atoms with E-state index in [2.05, 4.69) is 35.9 Å². The van der Waals surface area contributed by atoms with Crippen LogP contribution in [0.1, 0.15) is 13.3 Å². The van der Waals surface area contributed by atoms with Gasteiger partial charge in [0.1, 0.15) is 10.7 Å². The van der Waals surface area contributed by atoms with Crippen LogP contribution < -0.4 is 10.0 Å². The van der Waals surface area contributed by atoms with Gasteiger partial charge in [0, 0.05) is 29.6 Å². The lowest BCUT2D eigenvalue weighted by atomic mass is 10.4. The molecule has 0 saturated heterocycles. The summed E-state index contributed by atoms with van der Waals surface area (Å²) in [4.78, 5) is 7.99. The van der Waals surface area contributed by atoms with E-state index >= 15 is 0 Å². The molecule has 6 nitrogen and oxygen atoms in total. The largest absolute Gasteiger partial charge is 0.384 e. The van der Waals surface area contributed by atoms with Gasteiger partial charge in [-0.25, -0.2) is 13.4 Å². The molecule has 0 radical (unpaired) electrons. The molecule has 0 amide bonds. The minimum Gasteiger partial charge on any atom is -0.384 e. The molecule has 0 fully saturated rings. The average molecular weight is 371 g/mol. The summed E-state index contributed by atoms with van der Waals surface area (Å²) >= 11 is 3.25. The van der Waals surface area contributed by atoms with Gasteiger partial charge in [-0.2, -0.15) is 0 Å². The smallest absolute Gasteiger partial charge is 0.266 e. The Morgan fingerprint density at radius 1 is 1.24 bits per heavy atom. The minimum atomic E-state index is -3.74. The van der Waals surface area contributed by atoms with Gasteiger partial charge in [-0.15, -0.1) is 0 Å². The molecule has 0 aliphatic heterocycles. The molecular formula is C13H15BrN4O2S. The van der Waals surface area contributed by atoms with Crippen molar-refractivity contribution in [2.24, 2.45) is 0 Å². The molecule has 0 spiro atoms. The third-order valence-corrected chi connectivity index (χ3v) is 4.46. The van der Waals surface area contributed by atoms with Gasteiger partial charge in [-0.05, 0) is 40.5 Å². The van der Waals surface area contributed by atoms with E-state index in [4.69, 9.17) is 0 Å². The molecule has 2 heterocycles. The summed E-state index contributed by atoms with van der Waals surface area (Å²) in [6.07, 6.45) is 5.29. The maximum absolute atomic E-state index is 12.4. The van der Waals surface area contributed by atoms with Crippen LogP contribution in [-0.2, 0) is 10.0 Å². The number of hydrogen-bond acceptors (Lipinski definition) is 5. The Hall–Kier alpha value is -1.67. The number of hydrogen-bond donors (Lipinski definition) is 2. The Kier molecular flexibility index (Phi) is 5.13. The highest BCUT2D eigenvalue weighted by molar-refractivity contribution is 9.10. The minimum absolute atomic E-state index is 0.100. The van der Waals surface area contributed by atoms with Crippen molar-refractivity contribution in [1.82, 2.24) is 9.97 Å². The fraction of sp³-hybridized carbons (Fsp3) is 0.231. The molecule has 0 bridgehead atoms. The fourth-order valence-electron chi connectivity index (χ4n) is 1.63. The summed E-state index contributed by atoms with van der Waals surface area (Å²) in [6, 6.07) is 4.93. The number of anilines is 2. The second-order valence-electron chi connectivity index (χ2n) is 4.27. The molecule has 0 aliphatic carbocycles. The van der Waals surface area contributed by atoms with Gasteiger partial charge in [0.15, 0.2) is 0 Å². The highest BCUT2D eigenvalue weighted by atomic mass is 79.9. The molecular weight excluding hydrogens is 356 g/mol. The highest BCUT2D eigenvalue weighted by Crippen LogP contribution is 2.22. The number of nitrogens with zero attached hydrogens (tertiary/aromatic N) is 2. The second kappa shape index (κ2) is 6.86. The molecule has 0 atom stereocenters. The standard InChI is InChI=1S/C13H15BrN4O2S/c1-2-6-16-11-5-7-15-9-12(11)21(19,20)18-13-4-3-10(14)8-17-13/h3-5,7-9H,2,6H2,1H3,(H,15,16)(H,17,18). The molecule has 2 aromatic heterocycles. The lowest BCUT2D eigenvalue weighted by molar-refractivity contribution is 0.601. The summed E-state index contributed by atoms with van der Waals surface area (Å²) in [7, 11) is -3.74. The summed E-state index contributed by atoms with van der Waals surface area (Å²) in [5, 5.41) is 3.08. The quantitative estimate of drug-likeness (QED) is 0.816. The van der Waals surface area contributed by atoms with E-state index in [9.17, 15) is 8.42 Å². The molecule has 0 unspecified atom stereocenters. The van der Waals surface area contributed by atoms with E-state index in [1.807, 2.05) is 6.92 Å². The molecule has 0 saturated carbocycles. The van der Waals surface area contributed by atoms with Crippen molar-refractivity contribution in [1.29, 1.82) is 0 Å². The van der Waals surface area contributed by atoms with E-state index in [-0.39, 0.29) is 10.7 Å². The normalized spacial score (nSPS) is 11.1. The first-order valence-corrected chi connectivity index (χ1v) is 8.63. The summed E-state index contributed by atoms with van der Waals surface area (Å²) in [5.74, 6) is 0.253. The van der Waals surface area contributed by atoms with Gasteiger partial charge in [0.25, 0.3) is 10.0 Å². The number of aromatic nitrogens is 2. The van der Waals surface area contributed by atoms with Crippen LogP contribution in [-0.4, -0.2) is 24.9 Å². The highest BCUT2D eigenvalue weighted by Gasteiger charge is 2.19. The van der Waals surface area contributed by atoms with Crippen molar-refractivity contribution in [3.8, 4) is 0 Å². The summed E-state index contributed by atoms with van der Waals surface area (Å²) in [6.45, 7) is 2.69. The Morgan fingerprint density at radius 2 is 2.05 bits per heavy atom. The Balaban J connectivity index is 2.29. The Labute approximate surface area is 132 Å². The maximum atomic E-state index is 12.4. The number of pyridine rings is 2. The molecule has 21 heavy (non-hydrogen) atoms. The van der Waals surface area contributed by atoms with E-state index in [1.165, 1.54) is 12.4 Å². The van der Waals surface area contributed by atoms with Gasteiger partial charge in [-0.1, -0.05) is 6.92 Å². The van der Waals surface area contributed by atoms with Crippen LogP contribution >= 0.6 is 15.9 Å². The first-order chi connectivity index (χ1) is 10.0. The zero-order valence-corrected chi connectivity index (χ0v) is 13.8. The summed E-state index contributed by atoms with van der Waals surface area (Å²) in [5.41, 5.74) is 0.525. The molecule has 2 aromatic rings. The maximum Gasteiger partial charge on any atom is 0.266 e. The Morgan fingerprint density at radius 3 is 2.71 bits per heavy atom. The van der Waals surface area contributed by atoms with Gasteiger partial charge >= 0.3 is 0 Å². The first-order valence-electron chi connectivity index (χ1n) is 6.35. The monoisotopic (exact) mass is 370 g/mol. The third kappa shape index (κ3) is 4.15. The van der Waals surface area contributed by atoms with Crippen molar-refractivity contribution in [3.05, 3.63) is 41.3 Å². The van der Waals surface area contributed by atoms with Crippen molar-refractivity contribution >= 4 is 37.5 Å². The van der Waals surface area contributed by atoms with E-state index in [0.29, 0.717) is 12.2 Å². The predicted octanol–water partition coefficient (Wildman–Crippen LogP) is 2.86. The molecule has 2 N–H and O–H groups in total. The van der Waals surface area contributed by atoms with Crippen LogP contribution in [0, 0.1) is 0 Å². The topological polar surface area (TPSA) is 84.0 Å². The number of nitrogens with one attached hydrogen (secondary N) is 2. The predicted molar refractivity (Wildman–Crippen MR) is 85.8 cm³/mol. The van der Waals surface area contributed by atoms with Crippen LogP contribution in [0.4, 0.5) is 11.5 Å². The van der Waals surface area contributed by atoms with Crippen LogP contribution in [0.5, 0.6) is 0 Å². The second-order valence-corrected chi connectivity index (χ2v) is 6.83. The van der Waals surface area contributed by atoms with Crippen LogP contribution in [0.15, 0.2) is 46.2 Å². The Bertz CT molecular complexity index is 704. The number of sulfonamides is 1. The van der Waals surface area contributed by atoms with Crippen LogP contribution in [0.25, 0.3) is 0 Å². The van der Waals surface area contributed by atoms with Gasteiger partial charge in [0.2, 0.25) is 0 Å². The van der Waals surface area contributed by atoms with Gasteiger partial charge in [-0.3, -0.25) is 9.71 Å². The number of halogens is 1. The van der Waals surface area contributed by atoms with Crippen LogP contribution in [0.2, 0.25) is 0 Å². The lowest BCUT2D eigenvalue weighted by Crippen LogP contribution is -2.16. The molecule has 0 aliphatic rings. The van der Waals surface area contributed by atoms with Gasteiger partial charge in [0.05, 0.1) is 5.69 Å². The van der Waals surface area contributed by atoms with Gasteiger partial charge < -0.3 is 5.32 Å². The lowest BCUT2D eigenvalue weighted by Gasteiger charge is -2.12. The summed E-state index contributed by atoms with van der Waals surface area (Å²) < 4.78 is 28.1. The average Bonchev–Trinajstić information content (AvgIpc) is 2.47. The zero-order valence-electron chi connectivity index (χ0n) is 11.4. The van der Waals surface area contributed by atoms with E-state index in [1.54, 1.807) is 24.4 Å². The van der Waals surface area contributed by atoms with E-state index in [0.717, 1.165) is 10.9 Å². The molecule has 8 heteroatoms. The molecule has 112 valence electrons. The first kappa shape index (κ1) is 15.7. The van der Waals surface area contributed by atoms with Crippen molar-refractivity contribution in [3.63, 3.8) is 0 Å². The van der Waals surface area contributed by atoms with Crippen molar-refractivity contribution < 1.29 is 8.42 Å². The number of rotatable bonds is 6.